The highest BCUT2D eigenvalue weighted by Crippen LogP contribution is 2.22. The van der Waals surface area contributed by atoms with Crippen molar-refractivity contribution >= 4 is 29.1 Å². The van der Waals surface area contributed by atoms with E-state index in [9.17, 15) is 9.59 Å². The van der Waals surface area contributed by atoms with Gasteiger partial charge in [-0.25, -0.2) is 4.79 Å². The number of hydrogen-bond acceptors (Lipinski definition) is 6. The second kappa shape index (κ2) is 5.44. The van der Waals surface area contributed by atoms with E-state index >= 15 is 0 Å². The largest absolute Gasteiger partial charge is 0.497 e. The fourth-order valence-corrected chi connectivity index (χ4v) is 1.82. The van der Waals surface area contributed by atoms with Crippen LogP contribution in [0.15, 0.2) is 23.6 Å². The highest BCUT2D eigenvalue weighted by Gasteiger charge is 2.16. The molecule has 2 N–H and O–H groups in total. The molecular formula is C11H9N3O4S. The second-order valence-corrected chi connectivity index (χ2v) is 4.07. The van der Waals surface area contributed by atoms with Crippen molar-refractivity contribution in [2.45, 2.75) is 0 Å². The van der Waals surface area contributed by atoms with E-state index in [1.165, 1.54) is 24.6 Å². The topological polar surface area (TPSA) is 101 Å². The molecule has 1 aromatic heterocycles. The summed E-state index contributed by atoms with van der Waals surface area (Å²) in [4.78, 5) is 22.9. The van der Waals surface area contributed by atoms with Crippen LogP contribution < -0.4 is 10.1 Å². The maximum atomic E-state index is 11.8. The maximum Gasteiger partial charge on any atom is 0.337 e. The minimum Gasteiger partial charge on any atom is -0.497 e. The zero-order valence-corrected chi connectivity index (χ0v) is 10.6. The Morgan fingerprint density at radius 1 is 1.42 bits per heavy atom. The van der Waals surface area contributed by atoms with Gasteiger partial charge in [0.05, 0.1) is 18.4 Å². The Morgan fingerprint density at radius 3 is 2.79 bits per heavy atom. The predicted octanol–water partition coefficient (Wildman–Crippen LogP) is 1.50. The van der Waals surface area contributed by atoms with E-state index in [4.69, 9.17) is 9.84 Å². The molecule has 1 aromatic carbocycles. The third kappa shape index (κ3) is 2.86. The zero-order valence-electron chi connectivity index (χ0n) is 9.78. The summed E-state index contributed by atoms with van der Waals surface area (Å²) in [5, 5.41) is 16.6. The van der Waals surface area contributed by atoms with Crippen LogP contribution in [0, 0.1) is 0 Å². The molecule has 1 amide bonds. The summed E-state index contributed by atoms with van der Waals surface area (Å²) in [5.41, 5.74) is 0.249. The quantitative estimate of drug-likeness (QED) is 0.879. The number of rotatable bonds is 4. The van der Waals surface area contributed by atoms with Crippen molar-refractivity contribution in [1.29, 1.82) is 0 Å². The smallest absolute Gasteiger partial charge is 0.337 e. The fraction of sp³-hybridized carbons (Fsp3) is 0.0909. The average Bonchev–Trinajstić information content (AvgIpc) is 2.92. The first kappa shape index (κ1) is 13.0. The van der Waals surface area contributed by atoms with Crippen molar-refractivity contribution in [1.82, 2.24) is 9.59 Å². The lowest BCUT2D eigenvalue weighted by Gasteiger charge is -2.08. The molecule has 0 bridgehead atoms. The molecule has 19 heavy (non-hydrogen) atoms. The van der Waals surface area contributed by atoms with Gasteiger partial charge in [-0.2, -0.15) is 0 Å². The third-order valence-electron chi connectivity index (χ3n) is 2.30. The number of amides is 1. The molecule has 7 nitrogen and oxygen atoms in total. The number of carboxylic acids is 1. The highest BCUT2D eigenvalue weighted by atomic mass is 32.1. The third-order valence-corrected chi connectivity index (χ3v) is 2.80. The zero-order chi connectivity index (χ0) is 13.8. The summed E-state index contributed by atoms with van der Waals surface area (Å²) in [5.74, 6) is -1.28. The van der Waals surface area contributed by atoms with E-state index in [-0.39, 0.29) is 16.9 Å². The number of carboxylic acid groups (broad SMARTS) is 1. The Morgan fingerprint density at radius 2 is 2.21 bits per heavy atom. The fourth-order valence-electron chi connectivity index (χ4n) is 1.39. The minimum absolute atomic E-state index is 0.0594. The summed E-state index contributed by atoms with van der Waals surface area (Å²) in [6.07, 6.45) is 0. The number of methoxy groups -OCH3 is 1. The molecule has 0 aliphatic rings. The summed E-state index contributed by atoms with van der Waals surface area (Å²) >= 11 is 1.04. The van der Waals surface area contributed by atoms with Gasteiger partial charge in [-0.05, 0) is 29.7 Å². The maximum absolute atomic E-state index is 11.8. The van der Waals surface area contributed by atoms with Gasteiger partial charge in [0.1, 0.15) is 5.75 Å². The number of nitrogens with one attached hydrogen (secondary N) is 1. The average molecular weight is 279 g/mol. The van der Waals surface area contributed by atoms with E-state index in [2.05, 4.69) is 14.9 Å². The Hall–Kier alpha value is -2.48. The molecule has 0 spiro atoms. The normalized spacial score (nSPS) is 9.95. The molecule has 2 rings (SSSR count). The highest BCUT2D eigenvalue weighted by molar-refractivity contribution is 7.03. The van der Waals surface area contributed by atoms with Crippen LogP contribution >= 0.6 is 11.5 Å². The first-order valence-electron chi connectivity index (χ1n) is 5.11. The molecular weight excluding hydrogens is 270 g/mol. The molecule has 0 unspecified atom stereocenters. The van der Waals surface area contributed by atoms with Gasteiger partial charge >= 0.3 is 5.97 Å². The van der Waals surface area contributed by atoms with Gasteiger partial charge in [-0.15, -0.1) is 5.10 Å². The molecule has 0 radical (unpaired) electrons. The number of carbonyl (C=O) groups is 2. The van der Waals surface area contributed by atoms with Gasteiger partial charge in [0.25, 0.3) is 5.91 Å². The number of anilines is 1. The van der Waals surface area contributed by atoms with Gasteiger partial charge in [-0.1, -0.05) is 4.49 Å². The van der Waals surface area contributed by atoms with Gasteiger partial charge in [0.2, 0.25) is 0 Å². The van der Waals surface area contributed by atoms with E-state index in [1.54, 1.807) is 6.07 Å². The van der Waals surface area contributed by atoms with E-state index in [0.717, 1.165) is 11.5 Å². The van der Waals surface area contributed by atoms with Crippen LogP contribution in [0.4, 0.5) is 5.69 Å². The predicted molar refractivity (Wildman–Crippen MR) is 67.8 cm³/mol. The molecule has 2 aromatic rings. The van der Waals surface area contributed by atoms with Crippen LogP contribution in [-0.2, 0) is 0 Å². The van der Waals surface area contributed by atoms with E-state index in [1.807, 2.05) is 0 Å². The Balaban J connectivity index is 2.29. The monoisotopic (exact) mass is 279 g/mol. The first-order chi connectivity index (χ1) is 9.11. The molecule has 8 heteroatoms. The molecule has 0 atom stereocenters. The minimum atomic E-state index is -1.16. The lowest BCUT2D eigenvalue weighted by atomic mass is 10.1. The Kier molecular flexibility index (Phi) is 3.71. The molecule has 1 heterocycles. The van der Waals surface area contributed by atoms with Gasteiger partial charge in [0.15, 0.2) is 5.69 Å². The lowest BCUT2D eigenvalue weighted by Crippen LogP contribution is -2.15. The van der Waals surface area contributed by atoms with Crippen LogP contribution in [0.2, 0.25) is 0 Å². The molecule has 0 saturated heterocycles. The summed E-state index contributed by atoms with van der Waals surface area (Å²) in [6, 6.07) is 4.35. The van der Waals surface area contributed by atoms with Crippen molar-refractivity contribution in [3.05, 3.63) is 34.8 Å². The van der Waals surface area contributed by atoms with Crippen LogP contribution in [0.5, 0.6) is 5.75 Å². The van der Waals surface area contributed by atoms with E-state index < -0.39 is 11.9 Å². The number of aromatic carboxylic acids is 1. The number of aromatic nitrogens is 2. The number of benzene rings is 1. The Bertz CT molecular complexity index is 612. The number of hydrogen-bond donors (Lipinski definition) is 2. The van der Waals surface area contributed by atoms with Crippen LogP contribution in [-0.4, -0.2) is 33.7 Å². The van der Waals surface area contributed by atoms with Crippen molar-refractivity contribution < 1.29 is 19.4 Å². The van der Waals surface area contributed by atoms with Crippen molar-refractivity contribution in [2.24, 2.45) is 0 Å². The van der Waals surface area contributed by atoms with Gasteiger partial charge in [-0.3, -0.25) is 4.79 Å². The van der Waals surface area contributed by atoms with Crippen molar-refractivity contribution in [3.8, 4) is 5.75 Å². The molecule has 0 aliphatic heterocycles. The molecule has 0 fully saturated rings. The summed E-state index contributed by atoms with van der Waals surface area (Å²) in [7, 11) is 1.43. The number of nitrogens with zero attached hydrogens (tertiary/aromatic N) is 2. The second-order valence-electron chi connectivity index (χ2n) is 3.46. The van der Waals surface area contributed by atoms with Gasteiger partial charge < -0.3 is 15.2 Å². The lowest BCUT2D eigenvalue weighted by molar-refractivity contribution is 0.0697. The van der Waals surface area contributed by atoms with Crippen LogP contribution in [0.3, 0.4) is 0 Å². The number of carbonyl (C=O) groups excluding carboxylic acids is 1. The van der Waals surface area contributed by atoms with E-state index in [0.29, 0.717) is 5.75 Å². The van der Waals surface area contributed by atoms with Crippen molar-refractivity contribution in [2.75, 3.05) is 12.4 Å². The summed E-state index contributed by atoms with van der Waals surface area (Å²) in [6.45, 7) is 0. The molecule has 0 saturated carbocycles. The number of ether oxygens (including phenoxy) is 1. The van der Waals surface area contributed by atoms with Crippen LogP contribution in [0.1, 0.15) is 20.8 Å². The van der Waals surface area contributed by atoms with Crippen molar-refractivity contribution in [3.63, 3.8) is 0 Å². The molecule has 98 valence electrons. The Labute approximate surface area is 112 Å². The first-order valence-corrected chi connectivity index (χ1v) is 5.95. The summed E-state index contributed by atoms with van der Waals surface area (Å²) < 4.78 is 8.50. The SMILES string of the molecule is COc1ccc(NC(=O)c2csnn2)c(C(=O)O)c1. The molecule has 0 aliphatic carbocycles. The van der Waals surface area contributed by atoms with Crippen LogP contribution in [0.25, 0.3) is 0 Å². The van der Waals surface area contributed by atoms with Gasteiger partial charge in [0, 0.05) is 5.38 Å². The standard InChI is InChI=1S/C11H9N3O4S/c1-18-6-2-3-8(7(4-6)11(16)17)12-10(15)9-5-19-14-13-9/h2-5H,1H3,(H,12,15)(H,16,17).